The summed E-state index contributed by atoms with van der Waals surface area (Å²) in [5, 5.41) is 0.0640. The van der Waals surface area contributed by atoms with Crippen molar-refractivity contribution in [1.82, 2.24) is 4.90 Å². The van der Waals surface area contributed by atoms with E-state index < -0.39 is 0 Å². The summed E-state index contributed by atoms with van der Waals surface area (Å²) >= 11 is 1.66. The molecule has 0 aliphatic carbocycles. The second-order valence-electron chi connectivity index (χ2n) is 4.33. The number of para-hydroxylation sites is 1. The molecule has 0 N–H and O–H groups in total. The van der Waals surface area contributed by atoms with Crippen LogP contribution in [0, 0.1) is 0 Å². The highest BCUT2D eigenvalue weighted by Gasteiger charge is 2.35. The molecule has 18 heavy (non-hydrogen) atoms. The second-order valence-corrected chi connectivity index (χ2v) is 5.40. The third kappa shape index (κ3) is 1.82. The molecule has 1 aromatic rings. The van der Waals surface area contributed by atoms with Crippen LogP contribution in [-0.4, -0.2) is 29.9 Å². The zero-order valence-electron chi connectivity index (χ0n) is 10.2. The van der Waals surface area contributed by atoms with Gasteiger partial charge in [-0.3, -0.25) is 4.79 Å². The van der Waals surface area contributed by atoms with Gasteiger partial charge in [0.2, 0.25) is 12.7 Å². The third-order valence-electron chi connectivity index (χ3n) is 3.13. The average molecular weight is 265 g/mol. The molecule has 0 radical (unpaired) electrons. The zero-order valence-corrected chi connectivity index (χ0v) is 11.0. The fraction of sp³-hybridized carbons (Fsp3) is 0.462. The first kappa shape index (κ1) is 11.7. The Morgan fingerprint density at radius 2 is 2.33 bits per heavy atom. The Hall–Kier alpha value is -1.36. The Bertz CT molecular complexity index is 477. The number of carbonyl (C=O) groups is 1. The molecule has 3 rings (SSSR count). The molecule has 1 unspecified atom stereocenters. The molecule has 0 aromatic heterocycles. The van der Waals surface area contributed by atoms with Gasteiger partial charge in [-0.05, 0) is 12.5 Å². The summed E-state index contributed by atoms with van der Waals surface area (Å²) in [5.74, 6) is 2.34. The maximum absolute atomic E-state index is 11.9. The molecule has 1 saturated heterocycles. The Morgan fingerprint density at radius 1 is 1.44 bits per heavy atom. The molecule has 5 heteroatoms. The first-order chi connectivity index (χ1) is 8.81. The van der Waals surface area contributed by atoms with Gasteiger partial charge in [0.25, 0.3) is 0 Å². The van der Waals surface area contributed by atoms with Gasteiger partial charge in [-0.25, -0.2) is 0 Å². The third-order valence-corrected chi connectivity index (χ3v) is 4.36. The minimum atomic E-state index is 0.0640. The molecule has 96 valence electrons. The van der Waals surface area contributed by atoms with Crippen LogP contribution in [0.1, 0.15) is 24.3 Å². The van der Waals surface area contributed by atoms with E-state index >= 15 is 0 Å². The van der Waals surface area contributed by atoms with Crippen molar-refractivity contribution in [1.29, 1.82) is 0 Å². The second kappa shape index (κ2) is 4.72. The highest BCUT2D eigenvalue weighted by Crippen LogP contribution is 2.46. The number of thioether (sulfide) groups is 1. The van der Waals surface area contributed by atoms with Crippen molar-refractivity contribution in [2.24, 2.45) is 0 Å². The van der Waals surface area contributed by atoms with Gasteiger partial charge in [0.15, 0.2) is 11.5 Å². The van der Waals surface area contributed by atoms with Crippen molar-refractivity contribution in [3.8, 4) is 11.5 Å². The lowest BCUT2D eigenvalue weighted by Crippen LogP contribution is -2.29. The number of fused-ring (bicyclic) bond motifs is 1. The molecular weight excluding hydrogens is 250 g/mol. The van der Waals surface area contributed by atoms with Crippen LogP contribution in [-0.2, 0) is 4.79 Å². The van der Waals surface area contributed by atoms with Crippen molar-refractivity contribution in [3.63, 3.8) is 0 Å². The number of ether oxygens (including phenoxy) is 2. The predicted octanol–water partition coefficient (Wildman–Crippen LogP) is 2.40. The summed E-state index contributed by atoms with van der Waals surface area (Å²) in [6, 6.07) is 5.88. The molecule has 2 heterocycles. The first-order valence-electron chi connectivity index (χ1n) is 6.11. The van der Waals surface area contributed by atoms with Gasteiger partial charge >= 0.3 is 0 Å². The summed E-state index contributed by atoms with van der Waals surface area (Å²) in [6.45, 7) is 3.15. The summed E-state index contributed by atoms with van der Waals surface area (Å²) < 4.78 is 10.9. The zero-order chi connectivity index (χ0) is 12.5. The number of nitrogens with zero attached hydrogens (tertiary/aromatic N) is 1. The number of benzene rings is 1. The summed E-state index contributed by atoms with van der Waals surface area (Å²) in [6.07, 6.45) is 0.967. The van der Waals surface area contributed by atoms with Gasteiger partial charge in [0, 0.05) is 12.1 Å². The molecule has 1 aromatic carbocycles. The van der Waals surface area contributed by atoms with Gasteiger partial charge in [0.1, 0.15) is 5.37 Å². The van der Waals surface area contributed by atoms with Crippen molar-refractivity contribution in [2.45, 2.75) is 18.7 Å². The molecule has 1 amide bonds. The highest BCUT2D eigenvalue weighted by atomic mass is 32.2. The van der Waals surface area contributed by atoms with Gasteiger partial charge in [-0.2, -0.15) is 0 Å². The monoisotopic (exact) mass is 265 g/mol. The van der Waals surface area contributed by atoms with E-state index in [4.69, 9.17) is 9.47 Å². The van der Waals surface area contributed by atoms with Gasteiger partial charge < -0.3 is 14.4 Å². The van der Waals surface area contributed by atoms with E-state index in [1.54, 1.807) is 11.8 Å². The molecule has 2 aliphatic heterocycles. The first-order valence-corrected chi connectivity index (χ1v) is 7.15. The molecule has 0 bridgehead atoms. The Kier molecular flexibility index (Phi) is 3.07. The SMILES string of the molecule is CCCN1C(=O)CSC1c1cccc2c1OCO2. The van der Waals surface area contributed by atoms with E-state index in [2.05, 4.69) is 6.92 Å². The van der Waals surface area contributed by atoms with Crippen LogP contribution < -0.4 is 9.47 Å². The Morgan fingerprint density at radius 3 is 3.17 bits per heavy atom. The quantitative estimate of drug-likeness (QED) is 0.841. The summed E-state index contributed by atoms with van der Waals surface area (Å²) in [4.78, 5) is 13.8. The molecule has 4 nitrogen and oxygen atoms in total. The topological polar surface area (TPSA) is 38.8 Å². The lowest BCUT2D eigenvalue weighted by Gasteiger charge is -2.24. The smallest absolute Gasteiger partial charge is 0.233 e. The normalized spacial score (nSPS) is 21.7. The van der Waals surface area contributed by atoms with Crippen LogP contribution in [0.5, 0.6) is 11.5 Å². The van der Waals surface area contributed by atoms with Crippen molar-refractivity contribution >= 4 is 17.7 Å². The Balaban J connectivity index is 1.95. The fourth-order valence-electron chi connectivity index (χ4n) is 2.34. The van der Waals surface area contributed by atoms with Gasteiger partial charge in [0.05, 0.1) is 5.75 Å². The number of hydrogen-bond donors (Lipinski definition) is 0. The number of carbonyl (C=O) groups excluding carboxylic acids is 1. The molecular formula is C13H15NO3S. The van der Waals surface area contributed by atoms with Crippen LogP contribution in [0.3, 0.4) is 0 Å². The van der Waals surface area contributed by atoms with Crippen LogP contribution in [0.25, 0.3) is 0 Å². The average Bonchev–Trinajstić information content (AvgIpc) is 2.97. The van der Waals surface area contributed by atoms with E-state index in [9.17, 15) is 4.79 Å². The predicted molar refractivity (Wildman–Crippen MR) is 69.8 cm³/mol. The van der Waals surface area contributed by atoms with E-state index in [1.807, 2.05) is 23.1 Å². The Labute approximate surface area is 110 Å². The molecule has 1 fully saturated rings. The maximum Gasteiger partial charge on any atom is 0.233 e. The van der Waals surface area contributed by atoms with Crippen LogP contribution in [0.4, 0.5) is 0 Å². The van der Waals surface area contributed by atoms with E-state index in [0.29, 0.717) is 5.75 Å². The lowest BCUT2D eigenvalue weighted by molar-refractivity contribution is -0.128. The van der Waals surface area contributed by atoms with Crippen molar-refractivity contribution in [2.75, 3.05) is 19.1 Å². The van der Waals surface area contributed by atoms with Crippen LogP contribution >= 0.6 is 11.8 Å². The standard InChI is InChI=1S/C13H15NO3S/c1-2-6-14-11(15)7-18-13(14)9-4-3-5-10-12(9)17-8-16-10/h3-5,13H,2,6-8H2,1H3. The minimum Gasteiger partial charge on any atom is -0.454 e. The lowest BCUT2D eigenvalue weighted by atomic mass is 10.1. The fourth-order valence-corrected chi connectivity index (χ4v) is 3.58. The number of rotatable bonds is 3. The minimum absolute atomic E-state index is 0.0640. The number of amides is 1. The molecule has 0 saturated carbocycles. The molecule has 2 aliphatic rings. The van der Waals surface area contributed by atoms with Gasteiger partial charge in [-0.15, -0.1) is 11.8 Å². The summed E-state index contributed by atoms with van der Waals surface area (Å²) in [7, 11) is 0. The molecule has 1 atom stereocenters. The largest absolute Gasteiger partial charge is 0.454 e. The van der Waals surface area contributed by atoms with Gasteiger partial charge in [-0.1, -0.05) is 19.1 Å². The van der Waals surface area contributed by atoms with Crippen LogP contribution in [0.15, 0.2) is 18.2 Å². The highest BCUT2D eigenvalue weighted by molar-refractivity contribution is 8.00. The van der Waals surface area contributed by atoms with Crippen molar-refractivity contribution in [3.05, 3.63) is 23.8 Å². The summed E-state index contributed by atoms with van der Waals surface area (Å²) in [5.41, 5.74) is 1.05. The van der Waals surface area contributed by atoms with Crippen LogP contribution in [0.2, 0.25) is 0 Å². The van der Waals surface area contributed by atoms with E-state index in [0.717, 1.165) is 30.0 Å². The van der Waals surface area contributed by atoms with E-state index in [1.165, 1.54) is 0 Å². The number of hydrogen-bond acceptors (Lipinski definition) is 4. The van der Waals surface area contributed by atoms with E-state index in [-0.39, 0.29) is 18.1 Å². The molecule has 0 spiro atoms. The maximum atomic E-state index is 11.9. The van der Waals surface area contributed by atoms with Crippen molar-refractivity contribution < 1.29 is 14.3 Å².